The van der Waals surface area contributed by atoms with E-state index in [4.69, 9.17) is 0 Å². The third-order valence-electron chi connectivity index (χ3n) is 2.23. The van der Waals surface area contributed by atoms with E-state index in [1.54, 1.807) is 11.3 Å². The summed E-state index contributed by atoms with van der Waals surface area (Å²) in [5.41, 5.74) is 2.51. The maximum Gasteiger partial charge on any atom is 0.333 e. The van der Waals surface area contributed by atoms with Gasteiger partial charge in [0.1, 0.15) is 5.69 Å². The molecule has 1 aromatic heterocycles. The van der Waals surface area contributed by atoms with Crippen LogP contribution in [0.3, 0.4) is 0 Å². The fraction of sp³-hybridized carbons (Fsp3) is 0.182. The molecule has 1 heterocycles. The number of hydrogen-bond acceptors (Lipinski definition) is 2. The van der Waals surface area contributed by atoms with Crippen molar-refractivity contribution >= 4 is 16.5 Å². The quantitative estimate of drug-likeness (QED) is 0.686. The first-order valence-corrected chi connectivity index (χ1v) is 5.41. The van der Waals surface area contributed by atoms with E-state index in [9.17, 15) is 0 Å². The molecule has 2 rings (SSSR count). The van der Waals surface area contributed by atoms with Crippen molar-refractivity contribution in [3.8, 4) is 11.3 Å². The van der Waals surface area contributed by atoms with Gasteiger partial charge in [-0.05, 0) is 0 Å². The number of nitrogens with one attached hydrogen (secondary N) is 1. The third-order valence-corrected chi connectivity index (χ3v) is 3.27. The Balaban J connectivity index is 0.00000112. The summed E-state index contributed by atoms with van der Waals surface area (Å²) >= 11 is 1.72. The molecule has 0 saturated heterocycles. The molecule has 0 atom stereocenters. The Morgan fingerprint density at radius 1 is 1.20 bits per heavy atom. The summed E-state index contributed by atoms with van der Waals surface area (Å²) in [6, 6.07) is 10.4. The molecule has 0 fully saturated rings. The molecule has 0 spiro atoms. The second kappa shape index (κ2) is 5.14. The van der Waals surface area contributed by atoms with Crippen LogP contribution < -0.4 is 22.3 Å². The maximum absolute atomic E-state index is 3.17. The number of nitrogens with zero attached hydrogens (tertiary/aromatic N) is 1. The summed E-state index contributed by atoms with van der Waals surface area (Å²) in [7, 11) is 4.02. The largest absolute Gasteiger partial charge is 1.00 e. The molecule has 0 amide bonds. The van der Waals surface area contributed by atoms with E-state index in [0.29, 0.717) is 0 Å². The number of aromatic nitrogens is 1. The number of benzene rings is 1. The summed E-state index contributed by atoms with van der Waals surface area (Å²) in [5.74, 6) is 0. The van der Waals surface area contributed by atoms with E-state index >= 15 is 0 Å². The minimum absolute atomic E-state index is 0. The first kappa shape index (κ1) is 12.0. The molecule has 0 bridgehead atoms. The van der Waals surface area contributed by atoms with Crippen molar-refractivity contribution in [2.75, 3.05) is 12.4 Å². The number of thiazole rings is 1. The average Bonchev–Trinajstić information content (AvgIpc) is 2.61. The van der Waals surface area contributed by atoms with Gasteiger partial charge in [-0.3, -0.25) is 5.32 Å². The standard InChI is InChI=1S/C11H12N2S.ClH/c1-12-11-13(2)10(8-14-11)9-6-4-3-5-7-9;/h3-8H,1-2H3;1H. The Kier molecular flexibility index (Phi) is 4.12. The van der Waals surface area contributed by atoms with Crippen LogP contribution >= 0.6 is 11.3 Å². The Hall–Kier alpha value is -1.06. The lowest BCUT2D eigenvalue weighted by atomic mass is 10.2. The Bertz CT molecular complexity index is 425. The summed E-state index contributed by atoms with van der Waals surface area (Å²) in [6.07, 6.45) is 0. The smallest absolute Gasteiger partial charge is 0.333 e. The molecule has 0 unspecified atom stereocenters. The Labute approximate surface area is 100.0 Å². The summed E-state index contributed by atoms with van der Waals surface area (Å²) in [6.45, 7) is 0. The molecule has 80 valence electrons. The second-order valence-corrected chi connectivity index (χ2v) is 3.96. The predicted octanol–water partition coefficient (Wildman–Crippen LogP) is -0.715. The van der Waals surface area contributed by atoms with Crippen molar-refractivity contribution < 1.29 is 17.0 Å². The van der Waals surface area contributed by atoms with Gasteiger partial charge in [-0.1, -0.05) is 41.7 Å². The number of halogens is 1. The third kappa shape index (κ3) is 2.30. The van der Waals surface area contributed by atoms with Crippen molar-refractivity contribution in [1.82, 2.24) is 0 Å². The minimum Gasteiger partial charge on any atom is -1.00 e. The van der Waals surface area contributed by atoms with Gasteiger partial charge in [0.05, 0.1) is 14.1 Å². The molecule has 15 heavy (non-hydrogen) atoms. The van der Waals surface area contributed by atoms with Crippen molar-refractivity contribution in [2.45, 2.75) is 0 Å². The predicted molar refractivity (Wildman–Crippen MR) is 60.5 cm³/mol. The highest BCUT2D eigenvalue weighted by Gasteiger charge is 2.12. The Morgan fingerprint density at radius 3 is 2.40 bits per heavy atom. The van der Waals surface area contributed by atoms with Crippen LogP contribution in [-0.4, -0.2) is 7.05 Å². The highest BCUT2D eigenvalue weighted by molar-refractivity contribution is 7.13. The van der Waals surface area contributed by atoms with Crippen molar-refractivity contribution in [2.24, 2.45) is 7.05 Å². The van der Waals surface area contributed by atoms with Crippen LogP contribution in [0.4, 0.5) is 5.13 Å². The van der Waals surface area contributed by atoms with Gasteiger partial charge < -0.3 is 12.4 Å². The van der Waals surface area contributed by atoms with Crippen LogP contribution in [0.15, 0.2) is 35.7 Å². The fourth-order valence-electron chi connectivity index (χ4n) is 1.48. The van der Waals surface area contributed by atoms with Gasteiger partial charge in [0.2, 0.25) is 0 Å². The lowest BCUT2D eigenvalue weighted by Crippen LogP contribution is -3.00. The molecule has 0 aliphatic carbocycles. The van der Waals surface area contributed by atoms with Gasteiger partial charge in [-0.2, -0.15) is 0 Å². The Morgan fingerprint density at radius 2 is 1.87 bits per heavy atom. The van der Waals surface area contributed by atoms with Crippen molar-refractivity contribution in [3.63, 3.8) is 0 Å². The van der Waals surface area contributed by atoms with Gasteiger partial charge in [0.25, 0.3) is 0 Å². The molecule has 0 radical (unpaired) electrons. The van der Waals surface area contributed by atoms with Gasteiger partial charge in [0, 0.05) is 10.9 Å². The van der Waals surface area contributed by atoms with Crippen LogP contribution in [0.2, 0.25) is 0 Å². The van der Waals surface area contributed by atoms with Crippen molar-refractivity contribution in [3.05, 3.63) is 35.7 Å². The summed E-state index contributed by atoms with van der Waals surface area (Å²) in [4.78, 5) is 0. The normalized spacial score (nSPS) is 9.47. The first-order chi connectivity index (χ1) is 6.83. The zero-order valence-electron chi connectivity index (χ0n) is 8.70. The van der Waals surface area contributed by atoms with E-state index in [1.807, 2.05) is 13.1 Å². The van der Waals surface area contributed by atoms with Gasteiger partial charge in [-0.15, -0.1) is 0 Å². The van der Waals surface area contributed by atoms with Gasteiger partial charge in [0.15, 0.2) is 0 Å². The van der Waals surface area contributed by atoms with E-state index < -0.39 is 0 Å². The molecule has 2 aromatic rings. The zero-order chi connectivity index (χ0) is 9.97. The molecule has 4 heteroatoms. The van der Waals surface area contributed by atoms with E-state index in [2.05, 4.69) is 46.6 Å². The fourth-order valence-corrected chi connectivity index (χ4v) is 2.37. The molecular weight excluding hydrogens is 228 g/mol. The number of hydrogen-bond donors (Lipinski definition) is 1. The lowest BCUT2D eigenvalue weighted by Gasteiger charge is -1.98. The monoisotopic (exact) mass is 240 g/mol. The molecule has 0 aliphatic heterocycles. The lowest BCUT2D eigenvalue weighted by molar-refractivity contribution is -0.641. The highest BCUT2D eigenvalue weighted by Crippen LogP contribution is 2.21. The van der Waals surface area contributed by atoms with Crippen LogP contribution in [0.1, 0.15) is 0 Å². The molecule has 1 aromatic carbocycles. The highest BCUT2D eigenvalue weighted by atomic mass is 35.5. The second-order valence-electron chi connectivity index (χ2n) is 3.10. The van der Waals surface area contributed by atoms with Crippen molar-refractivity contribution in [1.29, 1.82) is 0 Å². The van der Waals surface area contributed by atoms with E-state index in [0.717, 1.165) is 0 Å². The number of rotatable bonds is 2. The van der Waals surface area contributed by atoms with E-state index in [-0.39, 0.29) is 12.4 Å². The van der Waals surface area contributed by atoms with Gasteiger partial charge >= 0.3 is 5.13 Å². The van der Waals surface area contributed by atoms with Crippen LogP contribution in [0.25, 0.3) is 11.3 Å². The summed E-state index contributed by atoms with van der Waals surface area (Å²) < 4.78 is 2.17. The SMILES string of the molecule is CNc1scc(-c2ccccc2)[n+]1C.[Cl-]. The molecule has 0 aliphatic rings. The molecule has 1 N–H and O–H groups in total. The summed E-state index contributed by atoms with van der Waals surface area (Å²) in [5, 5.41) is 6.50. The topological polar surface area (TPSA) is 15.9 Å². The molecule has 0 saturated carbocycles. The van der Waals surface area contributed by atoms with E-state index in [1.165, 1.54) is 16.4 Å². The molecule has 2 nitrogen and oxygen atoms in total. The van der Waals surface area contributed by atoms with Gasteiger partial charge in [-0.25, -0.2) is 4.57 Å². The minimum atomic E-state index is 0. The van der Waals surface area contributed by atoms with Crippen LogP contribution in [0.5, 0.6) is 0 Å². The maximum atomic E-state index is 3.17. The first-order valence-electron chi connectivity index (χ1n) is 4.53. The van der Waals surface area contributed by atoms with Crippen LogP contribution in [-0.2, 0) is 7.05 Å². The molecular formula is C11H13ClN2S. The average molecular weight is 241 g/mol. The van der Waals surface area contributed by atoms with Crippen LogP contribution in [0, 0.1) is 0 Å². The zero-order valence-corrected chi connectivity index (χ0v) is 10.3. The number of anilines is 1.